The summed E-state index contributed by atoms with van der Waals surface area (Å²) >= 11 is 3.45. The molecule has 0 aromatic heterocycles. The van der Waals surface area contributed by atoms with Crippen LogP contribution in [0.3, 0.4) is 0 Å². The molecule has 3 nitrogen and oxygen atoms in total. The number of nitriles is 1. The summed E-state index contributed by atoms with van der Waals surface area (Å²) in [6, 6.07) is 8.69. The molecule has 1 aliphatic rings. The van der Waals surface area contributed by atoms with Gasteiger partial charge in [0, 0.05) is 17.1 Å². The molecule has 2 atom stereocenters. The van der Waals surface area contributed by atoms with Gasteiger partial charge in [0.2, 0.25) is 0 Å². The number of piperidine rings is 1. The van der Waals surface area contributed by atoms with Gasteiger partial charge in [-0.1, -0.05) is 6.07 Å². The van der Waals surface area contributed by atoms with Crippen molar-refractivity contribution >= 4 is 21.6 Å². The molecule has 96 valence electrons. The van der Waals surface area contributed by atoms with E-state index in [9.17, 15) is 5.26 Å². The average molecular weight is 308 g/mol. The summed E-state index contributed by atoms with van der Waals surface area (Å²) in [5.74, 6) is 0.534. The fourth-order valence-electron chi connectivity index (χ4n) is 2.57. The van der Waals surface area contributed by atoms with Crippen LogP contribution in [0.2, 0.25) is 0 Å². The van der Waals surface area contributed by atoms with Crippen LogP contribution in [0.5, 0.6) is 0 Å². The van der Waals surface area contributed by atoms with E-state index in [2.05, 4.69) is 33.8 Å². The van der Waals surface area contributed by atoms with Gasteiger partial charge in [-0.15, -0.1) is 0 Å². The summed E-state index contributed by atoms with van der Waals surface area (Å²) in [5.41, 5.74) is 7.54. The molecular formula is C14H18BrN3. The van der Waals surface area contributed by atoms with Gasteiger partial charge in [0.25, 0.3) is 0 Å². The number of hydrogen-bond donors (Lipinski definition) is 1. The first-order valence-corrected chi connectivity index (χ1v) is 7.12. The van der Waals surface area contributed by atoms with Crippen molar-refractivity contribution in [3.05, 3.63) is 28.2 Å². The van der Waals surface area contributed by atoms with Crippen LogP contribution < -0.4 is 10.6 Å². The Bertz CT molecular complexity index is 467. The van der Waals surface area contributed by atoms with Gasteiger partial charge in [0.05, 0.1) is 11.3 Å². The SMILES string of the molecule is CC1CCC(CN)CN1c1cccc(Br)c1C#N. The van der Waals surface area contributed by atoms with E-state index in [1.54, 1.807) is 0 Å². The lowest BCUT2D eigenvalue weighted by molar-refractivity contribution is 0.374. The molecule has 0 spiro atoms. The van der Waals surface area contributed by atoms with Gasteiger partial charge in [-0.2, -0.15) is 5.26 Å². The number of hydrogen-bond acceptors (Lipinski definition) is 3. The topological polar surface area (TPSA) is 53.0 Å². The highest BCUT2D eigenvalue weighted by Gasteiger charge is 2.26. The number of nitrogens with two attached hydrogens (primary N) is 1. The fraction of sp³-hybridized carbons (Fsp3) is 0.500. The highest BCUT2D eigenvalue weighted by atomic mass is 79.9. The lowest BCUT2D eigenvalue weighted by Gasteiger charge is -2.39. The van der Waals surface area contributed by atoms with E-state index >= 15 is 0 Å². The number of anilines is 1. The van der Waals surface area contributed by atoms with Gasteiger partial charge in [0.15, 0.2) is 0 Å². The number of benzene rings is 1. The Labute approximate surface area is 117 Å². The summed E-state index contributed by atoms with van der Waals surface area (Å²) in [6.45, 7) is 3.89. The quantitative estimate of drug-likeness (QED) is 0.914. The van der Waals surface area contributed by atoms with Gasteiger partial charge in [0.1, 0.15) is 6.07 Å². The minimum absolute atomic E-state index is 0.467. The van der Waals surface area contributed by atoms with Crippen LogP contribution in [0.1, 0.15) is 25.3 Å². The van der Waals surface area contributed by atoms with E-state index in [0.717, 1.165) is 35.2 Å². The first kappa shape index (κ1) is 13.4. The Balaban J connectivity index is 2.35. The number of nitrogens with zero attached hydrogens (tertiary/aromatic N) is 2. The smallest absolute Gasteiger partial charge is 0.103 e. The van der Waals surface area contributed by atoms with Crippen LogP contribution in [0.15, 0.2) is 22.7 Å². The third-order valence-electron chi connectivity index (χ3n) is 3.73. The average Bonchev–Trinajstić information content (AvgIpc) is 2.39. The molecule has 2 unspecified atom stereocenters. The molecule has 1 fully saturated rings. The lowest BCUT2D eigenvalue weighted by Crippen LogP contribution is -2.44. The van der Waals surface area contributed by atoms with Gasteiger partial charge in [-0.3, -0.25) is 0 Å². The zero-order chi connectivity index (χ0) is 13.1. The lowest BCUT2D eigenvalue weighted by atomic mass is 9.92. The van der Waals surface area contributed by atoms with Crippen LogP contribution in [0, 0.1) is 17.2 Å². The second-order valence-corrected chi connectivity index (χ2v) is 5.78. The van der Waals surface area contributed by atoms with E-state index in [-0.39, 0.29) is 0 Å². The first-order valence-electron chi connectivity index (χ1n) is 6.32. The maximum Gasteiger partial charge on any atom is 0.103 e. The summed E-state index contributed by atoms with van der Waals surface area (Å²) in [4.78, 5) is 2.32. The van der Waals surface area contributed by atoms with Crippen molar-refractivity contribution < 1.29 is 0 Å². The minimum atomic E-state index is 0.467. The third-order valence-corrected chi connectivity index (χ3v) is 4.39. The van der Waals surface area contributed by atoms with Crippen LogP contribution in [-0.4, -0.2) is 19.1 Å². The Hall–Kier alpha value is -1.05. The van der Waals surface area contributed by atoms with Crippen molar-refractivity contribution in [2.45, 2.75) is 25.8 Å². The summed E-state index contributed by atoms with van der Waals surface area (Å²) in [6.07, 6.45) is 2.32. The molecule has 0 amide bonds. The van der Waals surface area contributed by atoms with Crippen molar-refractivity contribution in [2.75, 3.05) is 18.0 Å². The Morgan fingerprint density at radius 2 is 2.28 bits per heavy atom. The standard InChI is InChI=1S/C14H18BrN3/c1-10-5-6-11(7-16)9-18(10)14-4-2-3-13(15)12(14)8-17/h2-4,10-11H,5-7,9,16H2,1H3. The molecule has 1 aliphatic heterocycles. The normalized spacial score (nSPS) is 23.8. The van der Waals surface area contributed by atoms with Crippen LogP contribution in [0.4, 0.5) is 5.69 Å². The molecule has 0 radical (unpaired) electrons. The minimum Gasteiger partial charge on any atom is -0.367 e. The fourth-order valence-corrected chi connectivity index (χ4v) is 3.02. The first-order chi connectivity index (χ1) is 8.67. The van der Waals surface area contributed by atoms with E-state index in [0.29, 0.717) is 12.0 Å². The molecule has 0 bridgehead atoms. The predicted molar refractivity (Wildman–Crippen MR) is 77.4 cm³/mol. The van der Waals surface area contributed by atoms with Crippen molar-refractivity contribution in [3.8, 4) is 6.07 Å². The molecule has 18 heavy (non-hydrogen) atoms. The number of halogens is 1. The molecular weight excluding hydrogens is 290 g/mol. The van der Waals surface area contributed by atoms with E-state index in [1.165, 1.54) is 6.42 Å². The largest absolute Gasteiger partial charge is 0.367 e. The summed E-state index contributed by atoms with van der Waals surface area (Å²) < 4.78 is 0.865. The zero-order valence-electron chi connectivity index (χ0n) is 10.6. The van der Waals surface area contributed by atoms with Crippen molar-refractivity contribution in [3.63, 3.8) is 0 Å². The summed E-state index contributed by atoms with van der Waals surface area (Å²) in [5, 5.41) is 9.31. The Morgan fingerprint density at radius 3 is 2.94 bits per heavy atom. The monoisotopic (exact) mass is 307 g/mol. The zero-order valence-corrected chi connectivity index (χ0v) is 12.2. The van der Waals surface area contributed by atoms with Gasteiger partial charge in [-0.25, -0.2) is 0 Å². The van der Waals surface area contributed by atoms with Gasteiger partial charge >= 0.3 is 0 Å². The third kappa shape index (κ3) is 2.52. The van der Waals surface area contributed by atoms with Crippen LogP contribution >= 0.6 is 15.9 Å². The second kappa shape index (κ2) is 5.73. The highest BCUT2D eigenvalue weighted by molar-refractivity contribution is 9.10. The maximum absolute atomic E-state index is 9.31. The maximum atomic E-state index is 9.31. The second-order valence-electron chi connectivity index (χ2n) is 4.93. The van der Waals surface area contributed by atoms with Gasteiger partial charge < -0.3 is 10.6 Å². The molecule has 1 aromatic carbocycles. The van der Waals surface area contributed by atoms with Crippen molar-refractivity contribution in [2.24, 2.45) is 11.7 Å². The Kier molecular flexibility index (Phi) is 4.26. The predicted octanol–water partition coefficient (Wildman–Crippen LogP) is 2.88. The van der Waals surface area contributed by atoms with Crippen molar-refractivity contribution in [1.29, 1.82) is 5.26 Å². The number of rotatable bonds is 2. The molecule has 2 N–H and O–H groups in total. The van der Waals surface area contributed by atoms with E-state index in [4.69, 9.17) is 5.73 Å². The summed E-state index contributed by atoms with van der Waals surface area (Å²) in [7, 11) is 0. The van der Waals surface area contributed by atoms with E-state index < -0.39 is 0 Å². The molecule has 2 rings (SSSR count). The molecule has 1 heterocycles. The molecule has 1 aromatic rings. The van der Waals surface area contributed by atoms with Crippen LogP contribution in [0.25, 0.3) is 0 Å². The highest BCUT2D eigenvalue weighted by Crippen LogP contribution is 2.32. The molecule has 0 aliphatic carbocycles. The van der Waals surface area contributed by atoms with E-state index in [1.807, 2.05) is 18.2 Å². The van der Waals surface area contributed by atoms with Gasteiger partial charge in [-0.05, 0) is 60.3 Å². The van der Waals surface area contributed by atoms with Crippen LogP contribution in [-0.2, 0) is 0 Å². The molecule has 0 saturated carbocycles. The molecule has 4 heteroatoms. The van der Waals surface area contributed by atoms with Crippen molar-refractivity contribution in [1.82, 2.24) is 0 Å². The Morgan fingerprint density at radius 1 is 1.50 bits per heavy atom. The molecule has 1 saturated heterocycles.